The lowest BCUT2D eigenvalue weighted by atomic mass is 9.88. The fourth-order valence-corrected chi connectivity index (χ4v) is 6.11. The molecule has 0 radical (unpaired) electrons. The topological polar surface area (TPSA) is 101 Å². The number of halogens is 3. The lowest BCUT2D eigenvalue weighted by Gasteiger charge is -2.39. The fourth-order valence-electron chi connectivity index (χ4n) is 6.11. The van der Waals surface area contributed by atoms with E-state index in [2.05, 4.69) is 27.4 Å². The molecule has 1 aromatic rings. The minimum Gasteiger partial charge on any atom is -0.380 e. The van der Waals surface area contributed by atoms with Crippen molar-refractivity contribution in [3.05, 3.63) is 29.8 Å². The summed E-state index contributed by atoms with van der Waals surface area (Å²) >= 11 is 0. The van der Waals surface area contributed by atoms with Gasteiger partial charge in [-0.25, -0.2) is 10.4 Å². The van der Waals surface area contributed by atoms with E-state index in [9.17, 15) is 23.2 Å². The molecule has 1 amide bonds. The summed E-state index contributed by atoms with van der Waals surface area (Å²) in [5.41, 5.74) is 4.18. The van der Waals surface area contributed by atoms with Gasteiger partial charge in [0.05, 0.1) is 30.6 Å². The highest BCUT2D eigenvalue weighted by Gasteiger charge is 2.51. The predicted octanol–water partition coefficient (Wildman–Crippen LogP) is 2.81. The highest BCUT2D eigenvalue weighted by Crippen LogP contribution is 2.37. The normalized spacial score (nSPS) is 32.5. The highest BCUT2D eigenvalue weighted by atomic mass is 19.4. The first-order valence-corrected chi connectivity index (χ1v) is 12.8. The first-order chi connectivity index (χ1) is 17.3. The number of alkyl halides is 3. The molecule has 4 aliphatic rings. The molecule has 3 saturated heterocycles. The fraction of sp³-hybridized carbons (Fsp3) is 0.680. The van der Waals surface area contributed by atoms with Gasteiger partial charge in [-0.3, -0.25) is 10.1 Å². The molecule has 6 atom stereocenters. The molecule has 4 fully saturated rings. The van der Waals surface area contributed by atoms with E-state index in [0.717, 1.165) is 32.1 Å². The smallest absolute Gasteiger partial charge is 0.380 e. The Labute approximate surface area is 208 Å². The quantitative estimate of drug-likeness (QED) is 0.471. The third kappa shape index (κ3) is 5.18. The Morgan fingerprint density at radius 2 is 1.86 bits per heavy atom. The third-order valence-corrected chi connectivity index (χ3v) is 7.96. The Hall–Kier alpha value is -2.39. The van der Waals surface area contributed by atoms with E-state index < -0.39 is 24.3 Å². The summed E-state index contributed by atoms with van der Waals surface area (Å²) in [6, 6.07) is 6.51. The van der Waals surface area contributed by atoms with Gasteiger partial charge in [0.25, 0.3) is 0 Å². The number of amides is 1. The molecular weight excluding hydrogens is 473 g/mol. The third-order valence-electron chi connectivity index (χ3n) is 7.96. The predicted molar refractivity (Wildman–Crippen MR) is 126 cm³/mol. The number of fused-ring (bicyclic) bond motifs is 1. The number of nitrogens with zero attached hydrogens (tertiary/aromatic N) is 2. The van der Waals surface area contributed by atoms with Gasteiger partial charge in [0.15, 0.2) is 0 Å². The summed E-state index contributed by atoms with van der Waals surface area (Å²) in [4.78, 5) is 12.8. The first-order valence-electron chi connectivity index (χ1n) is 12.8. The van der Waals surface area contributed by atoms with Gasteiger partial charge in [-0.1, -0.05) is 25.0 Å². The maximum Gasteiger partial charge on any atom is 0.407 e. The molecule has 0 bridgehead atoms. The van der Waals surface area contributed by atoms with E-state index in [0.29, 0.717) is 31.9 Å². The van der Waals surface area contributed by atoms with E-state index in [4.69, 9.17) is 4.74 Å². The van der Waals surface area contributed by atoms with Crippen LogP contribution in [0.4, 0.5) is 18.9 Å². The van der Waals surface area contributed by atoms with Crippen molar-refractivity contribution in [2.24, 2.45) is 11.8 Å². The summed E-state index contributed by atoms with van der Waals surface area (Å²) in [5.74, 6) is -0.702. The largest absolute Gasteiger partial charge is 0.407 e. The number of carbonyl (C=O) groups is 1. The number of benzene rings is 1. The molecule has 3 aliphatic heterocycles. The molecule has 8 nitrogen and oxygen atoms in total. The van der Waals surface area contributed by atoms with Crippen molar-refractivity contribution in [1.82, 2.24) is 21.1 Å². The second kappa shape index (κ2) is 10.5. The number of rotatable bonds is 6. The Bertz CT molecular complexity index is 962. The van der Waals surface area contributed by atoms with Crippen molar-refractivity contribution in [3.8, 4) is 6.07 Å². The standard InChI is InChI=1S/C25H33F3N6O2/c26-25(27,28)22(31-17-3-1-2-4-17)15-5-7-18(8-6-15)32-23-21-19(9-11-30-24(21)35)34(33-23)20-14-36-12-10-16(20)13-29/h5-8,16-17,19-23,31-33H,1-4,9-12,14H2,(H,30,35)/t16-,19?,20+,21?,22?,23?/m1/s1. The van der Waals surface area contributed by atoms with E-state index in [1.807, 2.05) is 5.01 Å². The lowest BCUT2D eigenvalue weighted by Crippen LogP contribution is -2.56. The Morgan fingerprint density at radius 3 is 2.56 bits per heavy atom. The minimum atomic E-state index is -4.39. The summed E-state index contributed by atoms with van der Waals surface area (Å²) in [5, 5.41) is 20.7. The SMILES string of the molecule is N#C[C@H]1CCOC[C@@H]1N1NC(Nc2ccc(C(NC3CCCC3)C(F)(F)F)cc2)C2C(=O)NCCC21. The van der Waals surface area contributed by atoms with Gasteiger partial charge in [0, 0.05) is 30.9 Å². The number of nitriles is 1. The number of hydrazine groups is 1. The maximum atomic E-state index is 13.8. The molecule has 0 spiro atoms. The van der Waals surface area contributed by atoms with Gasteiger partial charge in [0.2, 0.25) is 5.91 Å². The minimum absolute atomic E-state index is 0.0847. The van der Waals surface area contributed by atoms with E-state index in [1.165, 1.54) is 12.1 Å². The van der Waals surface area contributed by atoms with Crippen molar-refractivity contribution in [3.63, 3.8) is 0 Å². The number of carbonyl (C=O) groups excluding carboxylic acids is 1. The summed E-state index contributed by atoms with van der Waals surface area (Å²) in [6.07, 6.45) is -0.0517. The number of hydrogen-bond acceptors (Lipinski definition) is 7. The van der Waals surface area contributed by atoms with Gasteiger partial charge < -0.3 is 15.4 Å². The van der Waals surface area contributed by atoms with Gasteiger partial charge in [-0.2, -0.15) is 18.4 Å². The van der Waals surface area contributed by atoms with Crippen molar-refractivity contribution in [2.45, 2.75) is 75.0 Å². The number of piperidine rings is 1. The van der Waals surface area contributed by atoms with Crippen LogP contribution in [0.1, 0.15) is 50.1 Å². The van der Waals surface area contributed by atoms with Crippen LogP contribution in [0.15, 0.2) is 24.3 Å². The number of anilines is 1. The van der Waals surface area contributed by atoms with Crippen LogP contribution in [-0.4, -0.2) is 61.1 Å². The van der Waals surface area contributed by atoms with Gasteiger partial charge >= 0.3 is 6.18 Å². The average Bonchev–Trinajstić information content (AvgIpc) is 3.51. The molecule has 1 saturated carbocycles. The highest BCUT2D eigenvalue weighted by molar-refractivity contribution is 5.82. The molecule has 36 heavy (non-hydrogen) atoms. The average molecular weight is 507 g/mol. The van der Waals surface area contributed by atoms with E-state index in [1.54, 1.807) is 12.1 Å². The van der Waals surface area contributed by atoms with Crippen molar-refractivity contribution >= 4 is 11.6 Å². The van der Waals surface area contributed by atoms with Crippen LogP contribution in [0, 0.1) is 23.2 Å². The molecule has 196 valence electrons. The summed E-state index contributed by atoms with van der Waals surface area (Å²) < 4.78 is 47.1. The van der Waals surface area contributed by atoms with Crippen LogP contribution in [0.2, 0.25) is 0 Å². The molecule has 3 heterocycles. The monoisotopic (exact) mass is 506 g/mol. The van der Waals surface area contributed by atoms with Crippen molar-refractivity contribution in [1.29, 1.82) is 5.26 Å². The molecule has 0 aromatic heterocycles. The van der Waals surface area contributed by atoms with Crippen LogP contribution in [0.25, 0.3) is 0 Å². The molecule has 5 rings (SSSR count). The first kappa shape index (κ1) is 25.3. The molecular formula is C25H33F3N6O2. The molecule has 11 heteroatoms. The van der Waals surface area contributed by atoms with Crippen molar-refractivity contribution in [2.75, 3.05) is 25.1 Å². The number of ether oxygens (including phenoxy) is 1. The molecule has 4 N–H and O–H groups in total. The van der Waals surface area contributed by atoms with E-state index >= 15 is 0 Å². The van der Waals surface area contributed by atoms with Crippen LogP contribution in [-0.2, 0) is 9.53 Å². The lowest BCUT2D eigenvalue weighted by molar-refractivity contribution is -0.159. The summed E-state index contributed by atoms with van der Waals surface area (Å²) in [6.45, 7) is 1.50. The second-order valence-corrected chi connectivity index (χ2v) is 10.2. The van der Waals surface area contributed by atoms with Gasteiger partial charge in [0.1, 0.15) is 12.2 Å². The molecule has 1 aromatic carbocycles. The van der Waals surface area contributed by atoms with E-state index in [-0.39, 0.29) is 35.5 Å². The van der Waals surface area contributed by atoms with Crippen LogP contribution in [0.3, 0.4) is 0 Å². The zero-order valence-electron chi connectivity index (χ0n) is 20.1. The van der Waals surface area contributed by atoms with Crippen LogP contribution < -0.4 is 21.4 Å². The van der Waals surface area contributed by atoms with Crippen LogP contribution >= 0.6 is 0 Å². The molecule has 4 unspecified atom stereocenters. The number of hydrogen-bond donors (Lipinski definition) is 4. The number of nitrogens with one attached hydrogen (secondary N) is 4. The van der Waals surface area contributed by atoms with Gasteiger partial charge in [-0.15, -0.1) is 0 Å². The Balaban J connectivity index is 1.32. The Morgan fingerprint density at radius 1 is 1.11 bits per heavy atom. The maximum absolute atomic E-state index is 13.8. The second-order valence-electron chi connectivity index (χ2n) is 10.2. The Kier molecular flexibility index (Phi) is 7.40. The zero-order valence-corrected chi connectivity index (χ0v) is 20.1. The molecule has 1 aliphatic carbocycles. The summed E-state index contributed by atoms with van der Waals surface area (Å²) in [7, 11) is 0. The van der Waals surface area contributed by atoms with Gasteiger partial charge in [-0.05, 0) is 43.4 Å². The van der Waals surface area contributed by atoms with Crippen LogP contribution in [0.5, 0.6) is 0 Å². The van der Waals surface area contributed by atoms with Crippen molar-refractivity contribution < 1.29 is 22.7 Å². The zero-order chi connectivity index (χ0) is 25.3.